The van der Waals surface area contributed by atoms with E-state index in [4.69, 9.17) is 10.2 Å². The number of aliphatic carboxylic acids is 2. The summed E-state index contributed by atoms with van der Waals surface area (Å²) in [4.78, 5) is 20.9. The van der Waals surface area contributed by atoms with Gasteiger partial charge in [-0.1, -0.05) is 359 Å². The van der Waals surface area contributed by atoms with Gasteiger partial charge in [0, 0.05) is 12.2 Å². The van der Waals surface area contributed by atoms with E-state index < -0.39 is 11.9 Å². The van der Waals surface area contributed by atoms with Crippen molar-refractivity contribution in [3.8, 4) is 0 Å². The van der Waals surface area contributed by atoms with Gasteiger partial charge < -0.3 is 10.2 Å². The van der Waals surface area contributed by atoms with Crippen molar-refractivity contribution in [1.29, 1.82) is 0 Å². The molecule has 0 aliphatic rings. The van der Waals surface area contributed by atoms with Crippen molar-refractivity contribution in [3.63, 3.8) is 0 Å². The molecule has 402 valence electrons. The lowest BCUT2D eigenvalue weighted by atomic mass is 10.0. The highest BCUT2D eigenvalue weighted by atomic mass is 16.4. The standard InChI is InChI=1S/C64H122O4/c65-63(66)61-59-57-55-53-51-49-47-45-43-41-39-37-35-33-31-29-27-25-23-21-19-17-15-13-11-9-7-5-3-1-2-4-6-8-10-12-14-16-18-20-22-24-26-28-30-32-34-36-38-40-42-44-46-48-50-52-54-56-58-60-62-64(67)68/h59-62H,1-58H2,(H,65,66)(H,67,68). The summed E-state index contributed by atoms with van der Waals surface area (Å²) in [6.07, 6.45) is 87.9. The lowest BCUT2D eigenvalue weighted by Crippen LogP contribution is -1.86. The van der Waals surface area contributed by atoms with Gasteiger partial charge in [-0.2, -0.15) is 0 Å². The zero-order chi connectivity index (χ0) is 49.0. The molecule has 0 saturated heterocycles. The Kier molecular flexibility index (Phi) is 60.1. The van der Waals surface area contributed by atoms with E-state index in [0.29, 0.717) is 0 Å². The molecule has 0 saturated carbocycles. The molecule has 4 nitrogen and oxygen atoms in total. The second-order valence-electron chi connectivity index (χ2n) is 21.9. The normalized spacial score (nSPS) is 11.8. The zero-order valence-corrected chi connectivity index (χ0v) is 46.0. The zero-order valence-electron chi connectivity index (χ0n) is 46.0. The largest absolute Gasteiger partial charge is 0.478 e. The first-order chi connectivity index (χ1) is 33.6. The molecular formula is C64H122O4. The second-order valence-corrected chi connectivity index (χ2v) is 21.9. The van der Waals surface area contributed by atoms with Crippen LogP contribution in [0, 0.1) is 0 Å². The smallest absolute Gasteiger partial charge is 0.327 e. The molecule has 0 unspecified atom stereocenters. The molecule has 0 aromatic heterocycles. The number of allylic oxidation sites excluding steroid dienone is 2. The van der Waals surface area contributed by atoms with Crippen LogP contribution in [0.4, 0.5) is 0 Å². The molecule has 4 heteroatoms. The van der Waals surface area contributed by atoms with Crippen LogP contribution < -0.4 is 0 Å². The maximum absolute atomic E-state index is 10.4. The van der Waals surface area contributed by atoms with Crippen LogP contribution in [0.15, 0.2) is 24.3 Å². The Morgan fingerprint density at radius 1 is 0.176 bits per heavy atom. The molecule has 0 amide bonds. The van der Waals surface area contributed by atoms with Crippen LogP contribution in [0.25, 0.3) is 0 Å². The van der Waals surface area contributed by atoms with E-state index in [1.807, 2.05) is 0 Å². The summed E-state index contributed by atoms with van der Waals surface area (Å²) in [6, 6.07) is 0. The van der Waals surface area contributed by atoms with Crippen LogP contribution in [0.5, 0.6) is 0 Å². The van der Waals surface area contributed by atoms with Gasteiger partial charge in [-0.05, 0) is 25.7 Å². The minimum Gasteiger partial charge on any atom is -0.478 e. The van der Waals surface area contributed by atoms with E-state index in [1.165, 1.54) is 359 Å². The van der Waals surface area contributed by atoms with Gasteiger partial charge in [0.05, 0.1) is 0 Å². The lowest BCUT2D eigenvalue weighted by Gasteiger charge is -2.05. The monoisotopic (exact) mass is 955 g/mol. The maximum atomic E-state index is 10.4. The van der Waals surface area contributed by atoms with Gasteiger partial charge in [-0.15, -0.1) is 0 Å². The van der Waals surface area contributed by atoms with E-state index in [2.05, 4.69) is 0 Å². The SMILES string of the molecule is O=C(O)C=CCCCCCCCCCCCCCCCCCCCCCCCCCCCCCCCCCCCCCCCCCCCCCCCCCCCCCCCCCCC=CC(=O)O. The van der Waals surface area contributed by atoms with Gasteiger partial charge in [0.25, 0.3) is 0 Å². The highest BCUT2D eigenvalue weighted by Gasteiger charge is 2.00. The fraction of sp³-hybridized carbons (Fsp3) is 0.906. The van der Waals surface area contributed by atoms with Crippen LogP contribution in [-0.2, 0) is 9.59 Å². The van der Waals surface area contributed by atoms with E-state index >= 15 is 0 Å². The summed E-state index contributed by atoms with van der Waals surface area (Å²) in [7, 11) is 0. The minimum atomic E-state index is -0.828. The van der Waals surface area contributed by atoms with Crippen LogP contribution in [0.2, 0.25) is 0 Å². The van der Waals surface area contributed by atoms with Crippen LogP contribution in [0.1, 0.15) is 372 Å². The number of unbranched alkanes of at least 4 members (excludes halogenated alkanes) is 57. The molecular weight excluding hydrogens is 833 g/mol. The number of rotatable bonds is 61. The number of hydrogen-bond acceptors (Lipinski definition) is 2. The molecule has 0 aromatic rings. The predicted molar refractivity (Wildman–Crippen MR) is 301 cm³/mol. The molecule has 68 heavy (non-hydrogen) atoms. The predicted octanol–water partition coefficient (Wildman–Crippen LogP) is 22.9. The summed E-state index contributed by atoms with van der Waals surface area (Å²) in [5, 5.41) is 17.2. The van der Waals surface area contributed by atoms with E-state index in [9.17, 15) is 9.59 Å². The topological polar surface area (TPSA) is 74.6 Å². The highest BCUT2D eigenvalue weighted by Crippen LogP contribution is 2.20. The first-order valence-electron chi connectivity index (χ1n) is 31.4. The number of carboxylic acids is 2. The van der Waals surface area contributed by atoms with Crippen molar-refractivity contribution < 1.29 is 19.8 Å². The summed E-state index contributed by atoms with van der Waals surface area (Å²) >= 11 is 0. The molecule has 0 rings (SSSR count). The third-order valence-corrected chi connectivity index (χ3v) is 15.0. The molecule has 2 N–H and O–H groups in total. The Bertz CT molecular complexity index is 937. The van der Waals surface area contributed by atoms with Gasteiger partial charge in [-0.25, -0.2) is 9.59 Å². The van der Waals surface area contributed by atoms with Crippen LogP contribution in [0.3, 0.4) is 0 Å². The van der Waals surface area contributed by atoms with Crippen LogP contribution in [-0.4, -0.2) is 22.2 Å². The number of hydrogen-bond donors (Lipinski definition) is 2. The van der Waals surface area contributed by atoms with Gasteiger partial charge in [0.15, 0.2) is 0 Å². The Morgan fingerprint density at radius 2 is 0.265 bits per heavy atom. The average molecular weight is 956 g/mol. The Balaban J connectivity index is 3.09. The number of carbonyl (C=O) groups is 2. The maximum Gasteiger partial charge on any atom is 0.327 e. The molecule has 0 fully saturated rings. The third kappa shape index (κ3) is 64.4. The Labute approximate surface area is 426 Å². The summed E-state index contributed by atoms with van der Waals surface area (Å²) in [6.45, 7) is 0. The third-order valence-electron chi connectivity index (χ3n) is 15.0. The van der Waals surface area contributed by atoms with Gasteiger partial charge in [0.2, 0.25) is 0 Å². The Hall–Kier alpha value is -1.58. The van der Waals surface area contributed by atoms with Crippen molar-refractivity contribution >= 4 is 11.9 Å². The first-order valence-corrected chi connectivity index (χ1v) is 31.4. The molecule has 0 aromatic carbocycles. The number of carboxylic acid groups (broad SMARTS) is 2. The quantitative estimate of drug-likeness (QED) is 0.0470. The summed E-state index contributed by atoms with van der Waals surface area (Å²) in [5.41, 5.74) is 0. The van der Waals surface area contributed by atoms with Crippen molar-refractivity contribution in [3.05, 3.63) is 24.3 Å². The summed E-state index contributed by atoms with van der Waals surface area (Å²) < 4.78 is 0. The summed E-state index contributed by atoms with van der Waals surface area (Å²) in [5.74, 6) is -1.66. The fourth-order valence-electron chi connectivity index (χ4n) is 10.4. The van der Waals surface area contributed by atoms with Crippen molar-refractivity contribution in [1.82, 2.24) is 0 Å². The average Bonchev–Trinajstić information content (AvgIpc) is 3.33. The molecule has 0 radical (unpaired) electrons. The van der Waals surface area contributed by atoms with Crippen molar-refractivity contribution in [2.24, 2.45) is 0 Å². The van der Waals surface area contributed by atoms with E-state index in [0.717, 1.165) is 25.7 Å². The van der Waals surface area contributed by atoms with Crippen LogP contribution >= 0.6 is 0 Å². The minimum absolute atomic E-state index is 0.828. The second kappa shape index (κ2) is 61.5. The Morgan fingerprint density at radius 3 is 0.353 bits per heavy atom. The molecule has 0 atom stereocenters. The van der Waals surface area contributed by atoms with Gasteiger partial charge in [-0.3, -0.25) is 0 Å². The molecule has 0 bridgehead atoms. The molecule has 0 aliphatic carbocycles. The van der Waals surface area contributed by atoms with Gasteiger partial charge >= 0.3 is 11.9 Å². The molecule has 0 heterocycles. The van der Waals surface area contributed by atoms with E-state index in [1.54, 1.807) is 12.2 Å². The fourth-order valence-corrected chi connectivity index (χ4v) is 10.4. The van der Waals surface area contributed by atoms with Gasteiger partial charge in [0.1, 0.15) is 0 Å². The van der Waals surface area contributed by atoms with E-state index in [-0.39, 0.29) is 0 Å². The molecule has 0 aliphatic heterocycles. The first kappa shape index (κ1) is 66.4. The van der Waals surface area contributed by atoms with Crippen molar-refractivity contribution in [2.75, 3.05) is 0 Å². The molecule has 0 spiro atoms. The highest BCUT2D eigenvalue weighted by molar-refractivity contribution is 5.79. The lowest BCUT2D eigenvalue weighted by molar-refractivity contribution is -0.132. The van der Waals surface area contributed by atoms with Crippen molar-refractivity contribution in [2.45, 2.75) is 372 Å².